The van der Waals surface area contributed by atoms with Gasteiger partial charge in [-0.15, -0.1) is 0 Å². The molecule has 22 heavy (non-hydrogen) atoms. The van der Waals surface area contributed by atoms with Gasteiger partial charge >= 0.3 is 18.1 Å². The molecule has 1 heterocycles. The number of esters is 2. The smallest absolute Gasteiger partial charge is 0.386 e. The minimum atomic E-state index is -5.19. The van der Waals surface area contributed by atoms with Gasteiger partial charge in [0, 0.05) is 23.5 Å². The average molecular weight is 313 g/mol. The van der Waals surface area contributed by atoms with Crippen molar-refractivity contribution >= 4 is 22.8 Å². The van der Waals surface area contributed by atoms with Crippen molar-refractivity contribution in [3.8, 4) is 0 Å². The van der Waals surface area contributed by atoms with Crippen LogP contribution in [0.5, 0.6) is 0 Å². The summed E-state index contributed by atoms with van der Waals surface area (Å²) in [4.78, 5) is 21.9. The lowest BCUT2D eigenvalue weighted by atomic mass is 10.2. The van der Waals surface area contributed by atoms with Crippen LogP contribution in [0.1, 0.15) is 19.4 Å². The highest BCUT2D eigenvalue weighted by Crippen LogP contribution is 2.17. The van der Waals surface area contributed by atoms with Crippen molar-refractivity contribution in [2.45, 2.75) is 25.6 Å². The Kier molecular flexibility index (Phi) is 4.39. The number of hydrogen-bond acceptors (Lipinski definition) is 4. The highest BCUT2D eigenvalue weighted by molar-refractivity contribution is 5.88. The van der Waals surface area contributed by atoms with Gasteiger partial charge < -0.3 is 4.74 Å². The molecular formula is C14H12F3N2O3+. The first-order valence-corrected chi connectivity index (χ1v) is 6.36. The third kappa shape index (κ3) is 3.78. The molecule has 1 aromatic heterocycles. The third-order valence-electron chi connectivity index (χ3n) is 2.92. The van der Waals surface area contributed by atoms with Gasteiger partial charge in [0.25, 0.3) is 0 Å². The minimum absolute atomic E-state index is 0.405. The summed E-state index contributed by atoms with van der Waals surface area (Å²) >= 11 is 0. The Hall–Kier alpha value is -2.51. The molecule has 8 heteroatoms. The molecule has 1 aromatic carbocycles. The molecule has 0 fully saturated rings. The first-order chi connectivity index (χ1) is 10.3. The summed E-state index contributed by atoms with van der Waals surface area (Å²) in [6.07, 6.45) is -3.99. The number of fused-ring (bicyclic) bond motifs is 1. The molecule has 0 radical (unpaired) electrons. The van der Waals surface area contributed by atoms with E-state index in [0.29, 0.717) is 5.52 Å². The van der Waals surface area contributed by atoms with Crippen LogP contribution in [0.4, 0.5) is 13.2 Å². The van der Waals surface area contributed by atoms with E-state index in [-0.39, 0.29) is 0 Å². The second kappa shape index (κ2) is 6.08. The first-order valence-electron chi connectivity index (χ1n) is 6.36. The van der Waals surface area contributed by atoms with Crippen molar-refractivity contribution in [3.05, 3.63) is 36.5 Å². The lowest BCUT2D eigenvalue weighted by Crippen LogP contribution is -2.42. The fourth-order valence-corrected chi connectivity index (χ4v) is 1.82. The molecule has 0 bridgehead atoms. The van der Waals surface area contributed by atoms with Crippen LogP contribution in [0.15, 0.2) is 36.5 Å². The molecule has 2 aromatic rings. The third-order valence-corrected chi connectivity index (χ3v) is 2.92. The quantitative estimate of drug-likeness (QED) is 0.495. The molecule has 0 N–H and O–H groups in total. The topological polar surface area (TPSA) is 60.1 Å². The van der Waals surface area contributed by atoms with E-state index < -0.39 is 30.6 Å². The molecule has 0 amide bonds. The van der Waals surface area contributed by atoms with Crippen molar-refractivity contribution in [1.29, 1.82) is 0 Å². The zero-order valence-corrected chi connectivity index (χ0v) is 11.5. The second-order valence-corrected chi connectivity index (χ2v) is 4.67. The van der Waals surface area contributed by atoms with Gasteiger partial charge in [0.2, 0.25) is 0 Å². The molecule has 1 atom stereocenters. The van der Waals surface area contributed by atoms with Crippen LogP contribution < -0.4 is 4.68 Å². The normalized spacial score (nSPS) is 12.9. The van der Waals surface area contributed by atoms with Crippen LogP contribution in [-0.2, 0) is 14.3 Å². The Balaban J connectivity index is 2.05. The van der Waals surface area contributed by atoms with Gasteiger partial charge in [0.15, 0.2) is 12.2 Å². The van der Waals surface area contributed by atoms with Crippen LogP contribution in [0.25, 0.3) is 10.9 Å². The summed E-state index contributed by atoms with van der Waals surface area (Å²) < 4.78 is 41.2. The number of aromatic nitrogens is 2. The number of alkyl halides is 3. The van der Waals surface area contributed by atoms with E-state index in [9.17, 15) is 22.8 Å². The Morgan fingerprint density at radius 1 is 1.27 bits per heavy atom. The molecular weight excluding hydrogens is 301 g/mol. The standard InChI is InChI=1S/C14H12F3N2O3/c1-9(8-12(20)22-13(21)14(15,16)17)19-7-6-10-4-2-3-5-11(10)18-19/h2-7,9H,8H2,1H3/q+1. The number of hydrogen-bond donors (Lipinski definition) is 0. The van der Waals surface area contributed by atoms with Crippen molar-refractivity contribution in [3.63, 3.8) is 0 Å². The fourth-order valence-electron chi connectivity index (χ4n) is 1.82. The Bertz CT molecular complexity index is 716. The molecule has 0 spiro atoms. The molecule has 0 aliphatic carbocycles. The first kappa shape index (κ1) is 15.9. The van der Waals surface area contributed by atoms with E-state index in [1.54, 1.807) is 31.3 Å². The van der Waals surface area contributed by atoms with E-state index >= 15 is 0 Å². The van der Waals surface area contributed by atoms with Gasteiger partial charge in [-0.1, -0.05) is 22.9 Å². The molecule has 1 unspecified atom stereocenters. The van der Waals surface area contributed by atoms with Gasteiger partial charge in [-0.3, -0.25) is 4.79 Å². The van der Waals surface area contributed by atoms with Crippen molar-refractivity contribution in [2.24, 2.45) is 0 Å². The second-order valence-electron chi connectivity index (χ2n) is 4.67. The number of carbonyl (C=O) groups excluding carboxylic acids is 2. The monoisotopic (exact) mass is 313 g/mol. The van der Waals surface area contributed by atoms with Crippen molar-refractivity contribution in [2.75, 3.05) is 0 Å². The number of rotatable bonds is 3. The Morgan fingerprint density at radius 3 is 2.64 bits per heavy atom. The summed E-state index contributed by atoms with van der Waals surface area (Å²) in [5, 5.41) is 5.15. The van der Waals surface area contributed by atoms with Crippen LogP contribution in [0, 0.1) is 0 Å². The van der Waals surface area contributed by atoms with Gasteiger partial charge in [-0.25, -0.2) is 4.79 Å². The highest BCUT2D eigenvalue weighted by atomic mass is 19.4. The van der Waals surface area contributed by atoms with Gasteiger partial charge in [-0.2, -0.15) is 13.2 Å². The maximum absolute atomic E-state index is 12.0. The van der Waals surface area contributed by atoms with Gasteiger partial charge in [-0.05, 0) is 6.07 Å². The maximum Gasteiger partial charge on any atom is 0.491 e. The number of ether oxygens (including phenoxy) is 1. The highest BCUT2D eigenvalue weighted by Gasteiger charge is 2.42. The molecule has 0 aliphatic heterocycles. The largest absolute Gasteiger partial charge is 0.491 e. The van der Waals surface area contributed by atoms with Gasteiger partial charge in [0.1, 0.15) is 11.9 Å². The molecule has 0 saturated heterocycles. The summed E-state index contributed by atoms with van der Waals surface area (Å²) in [5.41, 5.74) is 0.677. The minimum Gasteiger partial charge on any atom is -0.386 e. The van der Waals surface area contributed by atoms with Crippen molar-refractivity contribution in [1.82, 2.24) is 5.10 Å². The summed E-state index contributed by atoms with van der Waals surface area (Å²) in [6.45, 7) is 1.58. The van der Waals surface area contributed by atoms with E-state index in [1.807, 2.05) is 12.1 Å². The van der Waals surface area contributed by atoms with Crippen molar-refractivity contribution < 1.29 is 32.2 Å². The number of carbonyl (C=O) groups is 2. The predicted octanol–water partition coefficient (Wildman–Crippen LogP) is 2.11. The zero-order chi connectivity index (χ0) is 16.3. The van der Waals surface area contributed by atoms with Gasteiger partial charge in [0.05, 0.1) is 0 Å². The molecule has 5 nitrogen and oxygen atoms in total. The Labute approximate surface area is 123 Å². The average Bonchev–Trinajstić information content (AvgIpc) is 2.45. The molecule has 0 saturated carbocycles. The summed E-state index contributed by atoms with van der Waals surface area (Å²) in [5.74, 6) is -3.77. The van der Waals surface area contributed by atoms with E-state index in [1.165, 1.54) is 4.68 Å². The van der Waals surface area contributed by atoms with Crippen LogP contribution in [0.2, 0.25) is 0 Å². The SMILES string of the molecule is CC(CC(=O)OC(=O)C(F)(F)F)[n+]1ccc2ccccc2n1. The van der Waals surface area contributed by atoms with Crippen LogP contribution in [-0.4, -0.2) is 23.2 Å². The summed E-state index contributed by atoms with van der Waals surface area (Å²) in [6, 6.07) is 8.47. The van der Waals surface area contributed by atoms with E-state index in [0.717, 1.165) is 5.39 Å². The number of benzene rings is 1. The number of halogens is 3. The van der Waals surface area contributed by atoms with Crippen LogP contribution in [0.3, 0.4) is 0 Å². The lowest BCUT2D eigenvalue weighted by molar-refractivity contribution is -0.771. The fraction of sp³-hybridized carbons (Fsp3) is 0.286. The predicted molar refractivity (Wildman–Crippen MR) is 68.4 cm³/mol. The maximum atomic E-state index is 12.0. The zero-order valence-electron chi connectivity index (χ0n) is 11.5. The lowest BCUT2D eigenvalue weighted by Gasteiger charge is -2.07. The number of nitrogens with zero attached hydrogens (tertiary/aromatic N) is 2. The molecule has 116 valence electrons. The van der Waals surface area contributed by atoms with E-state index in [4.69, 9.17) is 0 Å². The summed E-state index contributed by atoms with van der Waals surface area (Å²) in [7, 11) is 0. The molecule has 0 aliphatic rings. The van der Waals surface area contributed by atoms with E-state index in [2.05, 4.69) is 9.84 Å². The molecule has 2 rings (SSSR count). The van der Waals surface area contributed by atoms with Crippen LogP contribution >= 0.6 is 0 Å². The Morgan fingerprint density at radius 2 is 1.95 bits per heavy atom.